The normalized spacial score (nSPS) is 11.2. The van der Waals surface area contributed by atoms with Crippen LogP contribution in [-0.2, 0) is 24.3 Å². The second-order valence-corrected chi connectivity index (χ2v) is 8.62. The van der Waals surface area contributed by atoms with Crippen molar-refractivity contribution in [1.29, 1.82) is 0 Å². The molecule has 0 spiro atoms. The van der Waals surface area contributed by atoms with Crippen LogP contribution in [0.1, 0.15) is 12.0 Å². The molecule has 1 amide bonds. The van der Waals surface area contributed by atoms with Gasteiger partial charge in [0.25, 0.3) is 5.91 Å². The minimum Gasteiger partial charge on any atom is -0.456 e. The number of hydrogen-bond acceptors (Lipinski definition) is 6. The van der Waals surface area contributed by atoms with E-state index in [0.717, 1.165) is 16.9 Å². The van der Waals surface area contributed by atoms with E-state index in [2.05, 4.69) is 10.0 Å². The van der Waals surface area contributed by atoms with Crippen LogP contribution < -0.4 is 10.0 Å². The van der Waals surface area contributed by atoms with Crippen molar-refractivity contribution in [2.45, 2.75) is 17.6 Å². The molecule has 10 heteroatoms. The van der Waals surface area contributed by atoms with E-state index in [4.69, 9.17) is 16.3 Å². The van der Waals surface area contributed by atoms with Crippen LogP contribution in [0.15, 0.2) is 39.9 Å². The molecule has 26 heavy (non-hydrogen) atoms. The Balaban J connectivity index is 1.72. The van der Waals surface area contributed by atoms with Crippen molar-refractivity contribution in [3.05, 3.63) is 46.3 Å². The van der Waals surface area contributed by atoms with Crippen LogP contribution in [0.4, 0.5) is 5.69 Å². The van der Waals surface area contributed by atoms with Gasteiger partial charge < -0.3 is 10.1 Å². The van der Waals surface area contributed by atoms with Crippen LogP contribution in [0.2, 0.25) is 5.02 Å². The molecule has 140 valence electrons. The molecule has 0 aliphatic rings. The Labute approximate surface area is 160 Å². The Morgan fingerprint density at radius 3 is 2.69 bits per heavy atom. The third kappa shape index (κ3) is 6.10. The first kappa shape index (κ1) is 20.4. The second-order valence-electron chi connectivity index (χ2n) is 5.27. The lowest BCUT2D eigenvalue weighted by atomic mass is 10.2. The summed E-state index contributed by atoms with van der Waals surface area (Å²) in [5.41, 5.74) is 1.37. The van der Waals surface area contributed by atoms with Gasteiger partial charge in [0, 0.05) is 6.54 Å². The number of ether oxygens (including phenoxy) is 1. The first-order valence-corrected chi connectivity index (χ1v) is 10.3. The quantitative estimate of drug-likeness (QED) is 0.644. The zero-order valence-corrected chi connectivity index (χ0v) is 16.2. The van der Waals surface area contributed by atoms with E-state index in [9.17, 15) is 18.0 Å². The van der Waals surface area contributed by atoms with Gasteiger partial charge in [0.2, 0.25) is 10.0 Å². The maximum absolute atomic E-state index is 11.9. The molecule has 0 atom stereocenters. The van der Waals surface area contributed by atoms with Gasteiger partial charge in [-0.15, -0.1) is 11.3 Å². The molecule has 7 nitrogen and oxygen atoms in total. The molecular weight excluding hydrogens is 400 g/mol. The number of anilines is 1. The molecular formula is C16H17ClN2O5S2. The number of esters is 1. The number of rotatable bonds is 8. The molecule has 0 bridgehead atoms. The van der Waals surface area contributed by atoms with Crippen molar-refractivity contribution in [3.8, 4) is 0 Å². The maximum atomic E-state index is 11.9. The van der Waals surface area contributed by atoms with Crippen LogP contribution in [0.3, 0.4) is 0 Å². The first-order chi connectivity index (χ1) is 12.3. The Morgan fingerprint density at radius 2 is 2.04 bits per heavy atom. The summed E-state index contributed by atoms with van der Waals surface area (Å²) in [6.45, 7) is 1.26. The summed E-state index contributed by atoms with van der Waals surface area (Å²) in [4.78, 5) is 23.4. The molecule has 1 aromatic heterocycles. The van der Waals surface area contributed by atoms with Gasteiger partial charge in [-0.2, -0.15) is 0 Å². The number of hydrogen-bond donors (Lipinski definition) is 2. The number of carbonyl (C=O) groups is 2. The van der Waals surface area contributed by atoms with Gasteiger partial charge >= 0.3 is 5.97 Å². The van der Waals surface area contributed by atoms with Gasteiger partial charge in [-0.05, 0) is 36.1 Å². The van der Waals surface area contributed by atoms with Crippen LogP contribution in [0, 0.1) is 6.92 Å². The van der Waals surface area contributed by atoms with Crippen molar-refractivity contribution in [2.24, 2.45) is 0 Å². The number of thiophene rings is 1. The highest BCUT2D eigenvalue weighted by molar-refractivity contribution is 7.91. The van der Waals surface area contributed by atoms with Gasteiger partial charge in [-0.1, -0.05) is 23.7 Å². The third-order valence-corrected chi connectivity index (χ3v) is 6.32. The number of amides is 1. The van der Waals surface area contributed by atoms with Gasteiger partial charge in [-0.25, -0.2) is 13.1 Å². The molecule has 2 rings (SSSR count). The van der Waals surface area contributed by atoms with E-state index < -0.39 is 28.5 Å². The van der Waals surface area contributed by atoms with E-state index in [0.29, 0.717) is 10.7 Å². The molecule has 0 unspecified atom stereocenters. The average molecular weight is 417 g/mol. The summed E-state index contributed by atoms with van der Waals surface area (Å²) in [5.74, 6) is -1.23. The summed E-state index contributed by atoms with van der Waals surface area (Å²) < 4.78 is 31.0. The van der Waals surface area contributed by atoms with E-state index >= 15 is 0 Å². The van der Waals surface area contributed by atoms with Gasteiger partial charge in [0.15, 0.2) is 6.61 Å². The van der Waals surface area contributed by atoms with Crippen LogP contribution in [0.5, 0.6) is 0 Å². The fourth-order valence-corrected chi connectivity index (χ4v) is 4.25. The van der Waals surface area contributed by atoms with Gasteiger partial charge in [-0.3, -0.25) is 9.59 Å². The molecule has 1 aromatic carbocycles. The van der Waals surface area contributed by atoms with E-state index in [-0.39, 0.29) is 17.2 Å². The van der Waals surface area contributed by atoms with E-state index in [1.165, 1.54) is 6.07 Å². The third-order valence-electron chi connectivity index (χ3n) is 3.14. The Morgan fingerprint density at radius 1 is 1.27 bits per heavy atom. The first-order valence-electron chi connectivity index (χ1n) is 7.53. The SMILES string of the molecule is Cc1ccc(NC(=O)COC(=O)CCNS(=O)(=O)c2cccs2)c(Cl)c1. The van der Waals surface area contributed by atoms with Crippen molar-refractivity contribution < 1.29 is 22.7 Å². The molecule has 0 saturated carbocycles. The van der Waals surface area contributed by atoms with Crippen LogP contribution in [0.25, 0.3) is 0 Å². The summed E-state index contributed by atoms with van der Waals surface area (Å²) >= 11 is 7.08. The highest BCUT2D eigenvalue weighted by atomic mass is 35.5. The Bertz CT molecular complexity index is 882. The molecule has 0 aliphatic carbocycles. The fraction of sp³-hybridized carbons (Fsp3) is 0.250. The zero-order chi connectivity index (χ0) is 19.2. The topological polar surface area (TPSA) is 102 Å². The van der Waals surface area contributed by atoms with Crippen LogP contribution in [-0.4, -0.2) is 33.4 Å². The van der Waals surface area contributed by atoms with Crippen molar-refractivity contribution in [2.75, 3.05) is 18.5 Å². The highest BCUT2D eigenvalue weighted by Crippen LogP contribution is 2.22. The summed E-state index contributed by atoms with van der Waals surface area (Å²) in [6, 6.07) is 8.21. The Hall–Kier alpha value is -1.94. The minimum atomic E-state index is -3.63. The smallest absolute Gasteiger partial charge is 0.307 e. The molecule has 2 aromatic rings. The molecule has 0 saturated heterocycles. The lowest BCUT2D eigenvalue weighted by molar-refractivity contribution is -0.147. The fourth-order valence-electron chi connectivity index (χ4n) is 1.90. The summed E-state index contributed by atoms with van der Waals surface area (Å²) in [5, 5.41) is 4.56. The number of nitrogens with one attached hydrogen (secondary N) is 2. The van der Waals surface area contributed by atoms with E-state index in [1.54, 1.807) is 29.6 Å². The second kappa shape index (κ2) is 9.13. The highest BCUT2D eigenvalue weighted by Gasteiger charge is 2.16. The number of sulfonamides is 1. The maximum Gasteiger partial charge on any atom is 0.307 e. The lowest BCUT2D eigenvalue weighted by Gasteiger charge is -2.09. The molecule has 0 radical (unpaired) electrons. The molecule has 0 aliphatic heterocycles. The van der Waals surface area contributed by atoms with Crippen molar-refractivity contribution in [3.63, 3.8) is 0 Å². The molecule has 1 heterocycles. The van der Waals surface area contributed by atoms with E-state index in [1.807, 2.05) is 6.92 Å². The monoisotopic (exact) mass is 416 g/mol. The number of benzene rings is 1. The number of aryl methyl sites for hydroxylation is 1. The predicted molar refractivity (Wildman–Crippen MR) is 99.9 cm³/mol. The average Bonchev–Trinajstić information content (AvgIpc) is 3.11. The largest absolute Gasteiger partial charge is 0.456 e. The standard InChI is InChI=1S/C16H17ClN2O5S2/c1-11-4-5-13(12(17)9-11)19-14(20)10-24-15(21)6-7-18-26(22,23)16-3-2-8-25-16/h2-5,8-9,18H,6-7,10H2,1H3,(H,19,20). The molecule has 0 fully saturated rings. The molecule has 2 N–H and O–H groups in total. The number of halogens is 1. The Kier molecular flexibility index (Phi) is 7.15. The number of carbonyl (C=O) groups excluding carboxylic acids is 2. The minimum absolute atomic E-state index is 0.121. The summed E-state index contributed by atoms with van der Waals surface area (Å²) in [7, 11) is -3.63. The lowest BCUT2D eigenvalue weighted by Crippen LogP contribution is -2.27. The van der Waals surface area contributed by atoms with Crippen LogP contribution >= 0.6 is 22.9 Å². The van der Waals surface area contributed by atoms with Crippen molar-refractivity contribution in [1.82, 2.24) is 4.72 Å². The zero-order valence-electron chi connectivity index (χ0n) is 13.8. The van der Waals surface area contributed by atoms with Gasteiger partial charge in [0.05, 0.1) is 17.1 Å². The predicted octanol–water partition coefficient (Wildman–Crippen LogP) is 2.56. The van der Waals surface area contributed by atoms with Gasteiger partial charge in [0.1, 0.15) is 4.21 Å². The summed E-state index contributed by atoms with van der Waals surface area (Å²) in [6.07, 6.45) is -0.191. The van der Waals surface area contributed by atoms with Crippen molar-refractivity contribution >= 4 is 50.5 Å².